The highest BCUT2D eigenvalue weighted by molar-refractivity contribution is 5.84. The summed E-state index contributed by atoms with van der Waals surface area (Å²) in [5.74, 6) is 0.712. The summed E-state index contributed by atoms with van der Waals surface area (Å²) in [7, 11) is 0. The van der Waals surface area contributed by atoms with Gasteiger partial charge in [-0.05, 0) is 42.5 Å². The van der Waals surface area contributed by atoms with Crippen LogP contribution in [-0.2, 0) is 6.42 Å². The average Bonchev–Trinajstić information content (AvgIpc) is 2.68. The molecular weight excluding hydrogens is 196 g/mol. The highest BCUT2D eigenvalue weighted by Crippen LogP contribution is 2.21. The summed E-state index contributed by atoms with van der Waals surface area (Å²) in [6, 6.07) is 7.99. The number of aryl methyl sites for hydroxylation is 1. The van der Waals surface area contributed by atoms with Crippen molar-refractivity contribution in [1.29, 1.82) is 5.26 Å². The van der Waals surface area contributed by atoms with Crippen LogP contribution in [0.15, 0.2) is 24.4 Å². The SMILES string of the molecule is CC(C)CCc1c[nH]c2ccc(C#N)cc12. The van der Waals surface area contributed by atoms with Crippen LogP contribution in [0.2, 0.25) is 0 Å². The Hall–Kier alpha value is -1.75. The van der Waals surface area contributed by atoms with Gasteiger partial charge in [-0.25, -0.2) is 0 Å². The van der Waals surface area contributed by atoms with Gasteiger partial charge in [-0.1, -0.05) is 13.8 Å². The van der Waals surface area contributed by atoms with Gasteiger partial charge in [0.15, 0.2) is 0 Å². The second-order valence-electron chi connectivity index (χ2n) is 4.62. The summed E-state index contributed by atoms with van der Waals surface area (Å²) < 4.78 is 0. The minimum Gasteiger partial charge on any atom is -0.361 e. The maximum Gasteiger partial charge on any atom is 0.0991 e. The van der Waals surface area contributed by atoms with Gasteiger partial charge in [0.25, 0.3) is 0 Å². The molecule has 2 nitrogen and oxygen atoms in total. The van der Waals surface area contributed by atoms with Gasteiger partial charge < -0.3 is 4.98 Å². The van der Waals surface area contributed by atoms with Gasteiger partial charge in [0.1, 0.15) is 0 Å². The van der Waals surface area contributed by atoms with E-state index >= 15 is 0 Å². The summed E-state index contributed by atoms with van der Waals surface area (Å²) in [5, 5.41) is 10.1. The molecule has 0 saturated carbocycles. The van der Waals surface area contributed by atoms with Crippen molar-refractivity contribution in [3.63, 3.8) is 0 Å². The van der Waals surface area contributed by atoms with Crippen molar-refractivity contribution < 1.29 is 0 Å². The molecule has 1 N–H and O–H groups in total. The molecule has 1 aromatic carbocycles. The van der Waals surface area contributed by atoms with Gasteiger partial charge in [-0.15, -0.1) is 0 Å². The standard InChI is InChI=1S/C14H16N2/c1-10(2)3-5-12-9-16-14-6-4-11(8-15)7-13(12)14/h4,6-7,9-10,16H,3,5H2,1-2H3. The molecule has 0 unspecified atom stereocenters. The number of fused-ring (bicyclic) bond motifs is 1. The van der Waals surface area contributed by atoms with Crippen LogP contribution in [0.4, 0.5) is 0 Å². The maximum absolute atomic E-state index is 8.88. The van der Waals surface area contributed by atoms with E-state index in [2.05, 4.69) is 31.1 Å². The van der Waals surface area contributed by atoms with E-state index in [1.54, 1.807) is 0 Å². The zero-order valence-electron chi connectivity index (χ0n) is 9.75. The van der Waals surface area contributed by atoms with Gasteiger partial charge >= 0.3 is 0 Å². The summed E-state index contributed by atoms with van der Waals surface area (Å²) in [4.78, 5) is 3.25. The molecule has 0 atom stereocenters. The van der Waals surface area contributed by atoms with Gasteiger partial charge in [-0.2, -0.15) is 5.26 Å². The Morgan fingerprint density at radius 1 is 1.38 bits per heavy atom. The summed E-state index contributed by atoms with van der Waals surface area (Å²) in [6.45, 7) is 4.46. The maximum atomic E-state index is 8.88. The number of hydrogen-bond acceptors (Lipinski definition) is 1. The topological polar surface area (TPSA) is 39.6 Å². The molecule has 0 aliphatic rings. The predicted octanol–water partition coefficient (Wildman–Crippen LogP) is 3.63. The number of nitrogens with zero attached hydrogens (tertiary/aromatic N) is 1. The van der Waals surface area contributed by atoms with Crippen LogP contribution in [0, 0.1) is 17.2 Å². The van der Waals surface area contributed by atoms with Gasteiger partial charge in [0.05, 0.1) is 11.6 Å². The quantitative estimate of drug-likeness (QED) is 0.829. The van der Waals surface area contributed by atoms with Crippen LogP contribution in [0.3, 0.4) is 0 Å². The lowest BCUT2D eigenvalue weighted by Gasteiger charge is -2.03. The van der Waals surface area contributed by atoms with Crippen molar-refractivity contribution >= 4 is 10.9 Å². The fourth-order valence-corrected chi connectivity index (χ4v) is 1.90. The van der Waals surface area contributed by atoms with Crippen LogP contribution >= 0.6 is 0 Å². The number of aromatic nitrogens is 1. The Balaban J connectivity index is 2.35. The lowest BCUT2D eigenvalue weighted by atomic mass is 10.0. The third-order valence-electron chi connectivity index (χ3n) is 2.89. The fraction of sp³-hybridized carbons (Fsp3) is 0.357. The van der Waals surface area contributed by atoms with Crippen molar-refractivity contribution in [2.45, 2.75) is 26.7 Å². The molecule has 0 radical (unpaired) electrons. The van der Waals surface area contributed by atoms with E-state index in [4.69, 9.17) is 5.26 Å². The number of rotatable bonds is 3. The second-order valence-corrected chi connectivity index (χ2v) is 4.62. The molecule has 2 aromatic rings. The van der Waals surface area contributed by atoms with E-state index in [0.29, 0.717) is 5.92 Å². The molecule has 0 bridgehead atoms. The first-order valence-electron chi connectivity index (χ1n) is 5.71. The number of aromatic amines is 1. The third kappa shape index (κ3) is 2.09. The highest BCUT2D eigenvalue weighted by atomic mass is 14.7. The molecule has 16 heavy (non-hydrogen) atoms. The summed E-state index contributed by atoms with van der Waals surface area (Å²) in [5.41, 5.74) is 3.18. The van der Waals surface area contributed by atoms with E-state index < -0.39 is 0 Å². The van der Waals surface area contributed by atoms with E-state index in [0.717, 1.165) is 17.5 Å². The Kier molecular flexibility index (Phi) is 2.96. The molecule has 0 spiro atoms. The molecule has 0 amide bonds. The van der Waals surface area contributed by atoms with Gasteiger partial charge in [0.2, 0.25) is 0 Å². The first-order valence-corrected chi connectivity index (χ1v) is 5.71. The van der Waals surface area contributed by atoms with Crippen molar-refractivity contribution in [2.24, 2.45) is 5.92 Å². The van der Waals surface area contributed by atoms with Crippen LogP contribution in [0.5, 0.6) is 0 Å². The first-order chi connectivity index (χ1) is 7.70. The predicted molar refractivity (Wildman–Crippen MR) is 66.2 cm³/mol. The zero-order chi connectivity index (χ0) is 11.5. The van der Waals surface area contributed by atoms with Crippen molar-refractivity contribution in [1.82, 2.24) is 4.98 Å². The van der Waals surface area contributed by atoms with E-state index in [9.17, 15) is 0 Å². The molecule has 2 rings (SSSR count). The lowest BCUT2D eigenvalue weighted by molar-refractivity contribution is 0.588. The molecule has 1 heterocycles. The molecule has 2 heteroatoms. The van der Waals surface area contributed by atoms with Gasteiger partial charge in [0, 0.05) is 17.1 Å². The third-order valence-corrected chi connectivity index (χ3v) is 2.89. The molecule has 0 saturated heterocycles. The Labute approximate surface area is 95.9 Å². The number of hydrogen-bond donors (Lipinski definition) is 1. The number of benzene rings is 1. The largest absolute Gasteiger partial charge is 0.361 e. The second kappa shape index (κ2) is 4.40. The normalized spacial score (nSPS) is 10.9. The smallest absolute Gasteiger partial charge is 0.0991 e. The van der Waals surface area contributed by atoms with Crippen molar-refractivity contribution in [2.75, 3.05) is 0 Å². The lowest BCUT2D eigenvalue weighted by Crippen LogP contribution is -1.91. The zero-order valence-corrected chi connectivity index (χ0v) is 9.75. The molecule has 82 valence electrons. The summed E-state index contributed by atoms with van der Waals surface area (Å²) >= 11 is 0. The van der Waals surface area contributed by atoms with E-state index in [1.165, 1.54) is 17.4 Å². The molecule has 0 aliphatic carbocycles. The molecule has 1 aromatic heterocycles. The van der Waals surface area contributed by atoms with Crippen molar-refractivity contribution in [3.8, 4) is 6.07 Å². The first kappa shape index (κ1) is 10.8. The minimum atomic E-state index is 0.712. The van der Waals surface area contributed by atoms with Crippen molar-refractivity contribution in [3.05, 3.63) is 35.5 Å². The van der Waals surface area contributed by atoms with E-state index in [1.807, 2.05) is 18.2 Å². The number of nitriles is 1. The monoisotopic (exact) mass is 212 g/mol. The average molecular weight is 212 g/mol. The van der Waals surface area contributed by atoms with E-state index in [-0.39, 0.29) is 0 Å². The summed E-state index contributed by atoms with van der Waals surface area (Å²) in [6.07, 6.45) is 4.32. The van der Waals surface area contributed by atoms with Crippen LogP contribution < -0.4 is 0 Å². The van der Waals surface area contributed by atoms with Crippen LogP contribution in [0.1, 0.15) is 31.4 Å². The minimum absolute atomic E-state index is 0.712. The molecule has 0 fully saturated rings. The van der Waals surface area contributed by atoms with Crippen LogP contribution in [0.25, 0.3) is 10.9 Å². The van der Waals surface area contributed by atoms with Crippen LogP contribution in [-0.4, -0.2) is 4.98 Å². The number of H-pyrrole nitrogens is 1. The molecule has 0 aliphatic heterocycles. The molecular formula is C14H16N2. The Morgan fingerprint density at radius 3 is 2.88 bits per heavy atom. The Morgan fingerprint density at radius 2 is 2.19 bits per heavy atom. The number of nitrogens with one attached hydrogen (secondary N) is 1. The van der Waals surface area contributed by atoms with Gasteiger partial charge in [-0.3, -0.25) is 0 Å². The fourth-order valence-electron chi connectivity index (χ4n) is 1.90. The highest BCUT2D eigenvalue weighted by Gasteiger charge is 2.05. The Bertz CT molecular complexity index is 529.